The zero-order valence-electron chi connectivity index (χ0n) is 15.1. The van der Waals surface area contributed by atoms with E-state index in [4.69, 9.17) is 14.6 Å². The van der Waals surface area contributed by atoms with E-state index in [1.165, 1.54) is 16.9 Å². The first-order valence-corrected chi connectivity index (χ1v) is 9.55. The highest BCUT2D eigenvalue weighted by molar-refractivity contribution is 7.13. The summed E-state index contributed by atoms with van der Waals surface area (Å²) in [5, 5.41) is 11.4. The Balaban J connectivity index is 1.71. The van der Waals surface area contributed by atoms with Gasteiger partial charge in [0.25, 0.3) is 0 Å². The Labute approximate surface area is 162 Å². The molecule has 0 bridgehead atoms. The normalized spacial score (nSPS) is 10.6. The monoisotopic (exact) mass is 383 g/mol. The van der Waals surface area contributed by atoms with Crippen LogP contribution in [0.1, 0.15) is 17.7 Å². The topological polar surface area (TPSA) is 68.7 Å². The number of aromatic nitrogens is 1. The molecule has 3 rings (SSSR count). The zero-order valence-corrected chi connectivity index (χ0v) is 15.9. The van der Waals surface area contributed by atoms with Crippen LogP contribution in [0.3, 0.4) is 0 Å². The van der Waals surface area contributed by atoms with Crippen LogP contribution in [-0.2, 0) is 17.6 Å². The van der Waals surface area contributed by atoms with Crippen LogP contribution in [-0.4, -0.2) is 29.8 Å². The van der Waals surface area contributed by atoms with E-state index >= 15 is 0 Å². The minimum Gasteiger partial charge on any atom is -0.497 e. The number of methoxy groups -OCH3 is 1. The summed E-state index contributed by atoms with van der Waals surface area (Å²) in [6, 6.07) is 15.9. The lowest BCUT2D eigenvalue weighted by Crippen LogP contribution is -2.02. The van der Waals surface area contributed by atoms with Gasteiger partial charge in [0.05, 0.1) is 31.4 Å². The van der Waals surface area contributed by atoms with Crippen LogP contribution >= 0.6 is 11.3 Å². The first-order chi connectivity index (χ1) is 13.2. The molecule has 0 spiro atoms. The number of carbonyl (C=O) groups is 1. The van der Waals surface area contributed by atoms with Gasteiger partial charge in [0, 0.05) is 11.4 Å². The summed E-state index contributed by atoms with van der Waals surface area (Å²) < 4.78 is 11.3. The molecule has 1 aromatic heterocycles. The second-order valence-corrected chi connectivity index (χ2v) is 6.87. The lowest BCUT2D eigenvalue weighted by Gasteiger charge is -2.12. The van der Waals surface area contributed by atoms with E-state index in [9.17, 15) is 4.79 Å². The van der Waals surface area contributed by atoms with Crippen LogP contribution in [0, 0.1) is 0 Å². The highest BCUT2D eigenvalue weighted by atomic mass is 32.1. The van der Waals surface area contributed by atoms with Crippen molar-refractivity contribution in [1.82, 2.24) is 4.98 Å². The van der Waals surface area contributed by atoms with Gasteiger partial charge < -0.3 is 14.6 Å². The average Bonchev–Trinajstić information content (AvgIpc) is 3.13. The summed E-state index contributed by atoms with van der Waals surface area (Å²) in [5.41, 5.74) is 2.68. The molecule has 0 saturated heterocycles. The van der Waals surface area contributed by atoms with Crippen LogP contribution in [0.5, 0.6) is 11.5 Å². The highest BCUT2D eigenvalue weighted by Crippen LogP contribution is 2.35. The van der Waals surface area contributed by atoms with Crippen molar-refractivity contribution in [2.24, 2.45) is 0 Å². The van der Waals surface area contributed by atoms with Crippen molar-refractivity contribution >= 4 is 17.3 Å². The fourth-order valence-electron chi connectivity index (χ4n) is 2.70. The van der Waals surface area contributed by atoms with Crippen LogP contribution < -0.4 is 9.47 Å². The smallest absolute Gasteiger partial charge is 0.309 e. The first-order valence-electron chi connectivity index (χ1n) is 8.67. The van der Waals surface area contributed by atoms with Crippen molar-refractivity contribution in [3.63, 3.8) is 0 Å². The van der Waals surface area contributed by atoms with E-state index in [-0.39, 0.29) is 6.42 Å². The number of carboxylic acids is 1. The summed E-state index contributed by atoms with van der Waals surface area (Å²) >= 11 is 1.41. The maximum absolute atomic E-state index is 10.9. The average molecular weight is 383 g/mol. The maximum atomic E-state index is 10.9. The molecular formula is C21H21NO4S. The van der Waals surface area contributed by atoms with Gasteiger partial charge in [-0.2, -0.15) is 0 Å². The number of thiazole rings is 1. The molecule has 2 aromatic carbocycles. The molecule has 0 saturated carbocycles. The van der Waals surface area contributed by atoms with Crippen molar-refractivity contribution in [3.05, 3.63) is 65.2 Å². The molecule has 1 N–H and O–H groups in total. The van der Waals surface area contributed by atoms with Gasteiger partial charge in [0.1, 0.15) is 16.5 Å². The van der Waals surface area contributed by atoms with Gasteiger partial charge in [-0.1, -0.05) is 30.3 Å². The van der Waals surface area contributed by atoms with Crippen LogP contribution in [0.25, 0.3) is 10.6 Å². The Morgan fingerprint density at radius 3 is 2.74 bits per heavy atom. The number of rotatable bonds is 9. The summed E-state index contributed by atoms with van der Waals surface area (Å²) in [6.07, 6.45) is 1.75. The summed E-state index contributed by atoms with van der Waals surface area (Å²) in [5.74, 6) is 0.511. The second kappa shape index (κ2) is 9.19. The van der Waals surface area contributed by atoms with E-state index in [1.807, 2.05) is 36.4 Å². The molecule has 0 aliphatic rings. The largest absolute Gasteiger partial charge is 0.497 e. The SMILES string of the molecule is COc1ccc(-c2nc(CC(=O)O)cs2)c(OCCCc2ccccc2)c1. The van der Waals surface area contributed by atoms with Gasteiger partial charge in [0.15, 0.2) is 0 Å². The number of nitrogens with zero attached hydrogens (tertiary/aromatic N) is 1. The minimum absolute atomic E-state index is 0.0834. The third-order valence-corrected chi connectivity index (χ3v) is 4.94. The van der Waals surface area contributed by atoms with E-state index in [1.54, 1.807) is 12.5 Å². The first kappa shape index (κ1) is 18.9. The molecule has 5 nitrogen and oxygen atoms in total. The molecule has 27 heavy (non-hydrogen) atoms. The molecule has 0 radical (unpaired) electrons. The molecular weight excluding hydrogens is 362 g/mol. The number of benzene rings is 2. The Morgan fingerprint density at radius 1 is 1.19 bits per heavy atom. The molecule has 1 heterocycles. The van der Waals surface area contributed by atoms with E-state index in [0.29, 0.717) is 23.8 Å². The van der Waals surface area contributed by atoms with E-state index in [2.05, 4.69) is 17.1 Å². The third kappa shape index (κ3) is 5.31. The van der Waals surface area contributed by atoms with Gasteiger partial charge in [-0.15, -0.1) is 11.3 Å². The van der Waals surface area contributed by atoms with Gasteiger partial charge in [-0.25, -0.2) is 4.98 Å². The van der Waals surface area contributed by atoms with Gasteiger partial charge in [-0.05, 0) is 30.5 Å². The zero-order chi connectivity index (χ0) is 19.1. The number of hydrogen-bond acceptors (Lipinski definition) is 5. The van der Waals surface area contributed by atoms with Crippen molar-refractivity contribution < 1.29 is 19.4 Å². The van der Waals surface area contributed by atoms with E-state index < -0.39 is 5.97 Å². The predicted octanol–water partition coefficient (Wildman–Crippen LogP) is 4.46. The number of aliphatic carboxylic acids is 1. The Bertz CT molecular complexity index is 892. The molecule has 0 amide bonds. The van der Waals surface area contributed by atoms with Gasteiger partial charge >= 0.3 is 5.97 Å². The summed E-state index contributed by atoms with van der Waals surface area (Å²) in [4.78, 5) is 15.3. The third-order valence-electron chi connectivity index (χ3n) is 4.01. The Morgan fingerprint density at radius 2 is 2.00 bits per heavy atom. The fourth-order valence-corrected chi connectivity index (χ4v) is 3.54. The summed E-state index contributed by atoms with van der Waals surface area (Å²) in [6.45, 7) is 0.572. The van der Waals surface area contributed by atoms with E-state index in [0.717, 1.165) is 23.4 Å². The van der Waals surface area contributed by atoms with Crippen LogP contribution in [0.15, 0.2) is 53.9 Å². The van der Waals surface area contributed by atoms with Gasteiger partial charge in [0.2, 0.25) is 0 Å². The molecule has 6 heteroatoms. The van der Waals surface area contributed by atoms with Crippen molar-refractivity contribution in [3.8, 4) is 22.1 Å². The second-order valence-electron chi connectivity index (χ2n) is 6.01. The lowest BCUT2D eigenvalue weighted by atomic mass is 10.1. The summed E-state index contributed by atoms with van der Waals surface area (Å²) in [7, 11) is 1.61. The standard InChI is InChI=1S/C21H21NO4S/c1-25-17-9-10-18(21-22-16(14-27-21)12-20(23)24)19(13-17)26-11-5-8-15-6-3-2-4-7-15/h2-4,6-7,9-10,13-14H,5,8,11-12H2,1H3,(H,23,24). The molecule has 0 aliphatic heterocycles. The van der Waals surface area contributed by atoms with Crippen molar-refractivity contribution in [1.29, 1.82) is 0 Å². The molecule has 3 aromatic rings. The molecule has 0 unspecified atom stereocenters. The number of carboxylic acid groups (broad SMARTS) is 1. The lowest BCUT2D eigenvalue weighted by molar-refractivity contribution is -0.136. The molecule has 0 atom stereocenters. The maximum Gasteiger partial charge on any atom is 0.309 e. The fraction of sp³-hybridized carbons (Fsp3) is 0.238. The predicted molar refractivity (Wildman–Crippen MR) is 106 cm³/mol. The van der Waals surface area contributed by atoms with Crippen LogP contribution in [0.2, 0.25) is 0 Å². The Hall–Kier alpha value is -2.86. The highest BCUT2D eigenvalue weighted by Gasteiger charge is 2.13. The number of hydrogen-bond donors (Lipinski definition) is 1. The Kier molecular flexibility index (Phi) is 6.44. The molecule has 140 valence electrons. The van der Waals surface area contributed by atoms with Crippen LogP contribution in [0.4, 0.5) is 0 Å². The molecule has 0 aliphatic carbocycles. The van der Waals surface area contributed by atoms with Crippen molar-refractivity contribution in [2.45, 2.75) is 19.3 Å². The van der Waals surface area contributed by atoms with Gasteiger partial charge in [-0.3, -0.25) is 4.79 Å². The quantitative estimate of drug-likeness (QED) is 0.553. The number of aryl methyl sites for hydroxylation is 1. The van der Waals surface area contributed by atoms with Crippen molar-refractivity contribution in [2.75, 3.05) is 13.7 Å². The number of ether oxygens (including phenoxy) is 2. The minimum atomic E-state index is -0.890. The molecule has 0 fully saturated rings.